The maximum absolute atomic E-state index is 12.7. The molecule has 0 aliphatic carbocycles. The zero-order chi connectivity index (χ0) is 17.3. The van der Waals surface area contributed by atoms with Gasteiger partial charge >= 0.3 is 5.91 Å². The van der Waals surface area contributed by atoms with Gasteiger partial charge in [0.2, 0.25) is 0 Å². The van der Waals surface area contributed by atoms with E-state index in [2.05, 4.69) is 0 Å². The minimum Gasteiger partial charge on any atom is -0.502 e. The number of carbonyl (C=O) groups is 2. The Morgan fingerprint density at radius 1 is 0.792 bits per heavy atom. The Balaban J connectivity index is 1.97. The number of aliphatic hydroxyl groups excluding tert-OH is 1. The lowest BCUT2D eigenvalue weighted by atomic mass is 10.1. The van der Waals surface area contributed by atoms with Crippen molar-refractivity contribution in [2.45, 2.75) is 0 Å². The number of anilines is 1. The average molecular weight is 325 g/mol. The van der Waals surface area contributed by atoms with Crippen LogP contribution in [-0.2, 0) is 9.59 Å². The molecule has 0 bridgehead atoms. The van der Waals surface area contributed by atoms with Gasteiger partial charge in [-0.15, -0.1) is 0 Å². The summed E-state index contributed by atoms with van der Waals surface area (Å²) in [5.74, 6) is -0.683. The molecule has 0 saturated heterocycles. The van der Waals surface area contributed by atoms with E-state index in [-0.39, 0.29) is 5.57 Å². The molecule has 0 radical (unpaired) electrons. The first-order valence-corrected chi connectivity index (χ1v) is 7.17. The van der Waals surface area contributed by atoms with Crippen molar-refractivity contribution in [2.24, 2.45) is 0 Å². The van der Waals surface area contributed by atoms with E-state index in [1.54, 1.807) is 48.5 Å². The van der Waals surface area contributed by atoms with Crippen LogP contribution in [0.2, 0.25) is 0 Å². The topological polar surface area (TPSA) is 76.1 Å². The average Bonchev–Trinajstić information content (AvgIpc) is 2.84. The van der Waals surface area contributed by atoms with Crippen molar-refractivity contribution in [1.82, 2.24) is 0 Å². The molecule has 0 atom stereocenters. The number of aliphatic hydroxyl groups is 1. The molecular formula is C18H15NO5. The smallest absolute Gasteiger partial charge is 0.301 e. The standard InChI is InChI=1S/C18H15NO5/c1-23-13-7-3-11(4-8-13)15-16(20)18(22)19(17(15)21)12-5-9-14(24-2)10-6-12/h3-10,20H,1-2H3. The van der Waals surface area contributed by atoms with Crippen LogP contribution in [0.3, 0.4) is 0 Å². The predicted octanol–water partition coefficient (Wildman–Crippen LogP) is 2.55. The van der Waals surface area contributed by atoms with Crippen LogP contribution in [0.15, 0.2) is 54.3 Å². The number of methoxy groups -OCH3 is 2. The van der Waals surface area contributed by atoms with E-state index in [4.69, 9.17) is 9.47 Å². The van der Waals surface area contributed by atoms with Crippen LogP contribution in [0.5, 0.6) is 11.5 Å². The van der Waals surface area contributed by atoms with Gasteiger partial charge in [0, 0.05) is 0 Å². The molecule has 2 amide bonds. The summed E-state index contributed by atoms with van der Waals surface area (Å²) >= 11 is 0. The van der Waals surface area contributed by atoms with E-state index in [0.29, 0.717) is 22.7 Å². The van der Waals surface area contributed by atoms with Crippen molar-refractivity contribution in [3.05, 3.63) is 59.9 Å². The van der Waals surface area contributed by atoms with Gasteiger partial charge in [-0.3, -0.25) is 9.59 Å². The van der Waals surface area contributed by atoms with Crippen molar-refractivity contribution >= 4 is 23.1 Å². The molecule has 122 valence electrons. The first-order valence-electron chi connectivity index (χ1n) is 7.17. The SMILES string of the molecule is COc1ccc(C2=C(O)C(=O)N(c3ccc(OC)cc3)C2=O)cc1. The van der Waals surface area contributed by atoms with Gasteiger partial charge in [0.05, 0.1) is 25.5 Å². The third-order valence-corrected chi connectivity index (χ3v) is 3.77. The number of benzene rings is 2. The summed E-state index contributed by atoms with van der Waals surface area (Å²) in [4.78, 5) is 25.9. The van der Waals surface area contributed by atoms with Crippen LogP contribution in [0.1, 0.15) is 5.56 Å². The van der Waals surface area contributed by atoms with Crippen LogP contribution in [0.4, 0.5) is 5.69 Å². The molecule has 0 fully saturated rings. The van der Waals surface area contributed by atoms with Crippen molar-refractivity contribution in [2.75, 3.05) is 19.1 Å². The Morgan fingerprint density at radius 2 is 1.29 bits per heavy atom. The molecule has 6 nitrogen and oxygen atoms in total. The summed E-state index contributed by atoms with van der Waals surface area (Å²) in [6.07, 6.45) is 0. The number of carbonyl (C=O) groups excluding carboxylic acids is 2. The lowest BCUT2D eigenvalue weighted by Gasteiger charge is -2.15. The van der Waals surface area contributed by atoms with E-state index in [1.807, 2.05) is 0 Å². The van der Waals surface area contributed by atoms with Crippen LogP contribution >= 0.6 is 0 Å². The van der Waals surface area contributed by atoms with Gasteiger partial charge in [0.25, 0.3) is 5.91 Å². The summed E-state index contributed by atoms with van der Waals surface area (Å²) < 4.78 is 10.1. The van der Waals surface area contributed by atoms with Gasteiger partial charge in [-0.1, -0.05) is 12.1 Å². The van der Waals surface area contributed by atoms with Gasteiger partial charge in [-0.2, -0.15) is 0 Å². The molecule has 3 rings (SSSR count). The molecule has 0 saturated carbocycles. The molecule has 24 heavy (non-hydrogen) atoms. The highest BCUT2D eigenvalue weighted by Gasteiger charge is 2.40. The zero-order valence-electron chi connectivity index (χ0n) is 13.1. The fourth-order valence-electron chi connectivity index (χ4n) is 2.50. The number of hydrogen-bond donors (Lipinski definition) is 1. The van der Waals surface area contributed by atoms with Gasteiger partial charge in [0.15, 0.2) is 5.76 Å². The summed E-state index contributed by atoms with van der Waals surface area (Å²) in [7, 11) is 3.05. The van der Waals surface area contributed by atoms with Crippen molar-refractivity contribution in [3.63, 3.8) is 0 Å². The van der Waals surface area contributed by atoms with E-state index >= 15 is 0 Å². The van der Waals surface area contributed by atoms with Crippen LogP contribution in [0, 0.1) is 0 Å². The maximum Gasteiger partial charge on any atom is 0.301 e. The maximum atomic E-state index is 12.7. The first kappa shape index (κ1) is 15.6. The van der Waals surface area contributed by atoms with E-state index < -0.39 is 17.6 Å². The summed E-state index contributed by atoms with van der Waals surface area (Å²) in [5.41, 5.74) is 0.780. The highest BCUT2D eigenvalue weighted by Crippen LogP contribution is 2.33. The quantitative estimate of drug-likeness (QED) is 0.874. The van der Waals surface area contributed by atoms with E-state index in [9.17, 15) is 14.7 Å². The minimum absolute atomic E-state index is 0.0292. The van der Waals surface area contributed by atoms with Crippen LogP contribution < -0.4 is 14.4 Å². The number of ether oxygens (including phenoxy) is 2. The Hall–Kier alpha value is -3.28. The molecule has 6 heteroatoms. The second kappa shape index (κ2) is 6.08. The van der Waals surface area contributed by atoms with E-state index in [1.165, 1.54) is 14.2 Å². The molecule has 0 unspecified atom stereocenters. The number of amides is 2. The highest BCUT2D eigenvalue weighted by atomic mass is 16.5. The molecule has 2 aromatic carbocycles. The Bertz CT molecular complexity index is 821. The largest absolute Gasteiger partial charge is 0.502 e. The molecule has 0 spiro atoms. The highest BCUT2D eigenvalue weighted by molar-refractivity contribution is 6.44. The predicted molar refractivity (Wildman–Crippen MR) is 88.0 cm³/mol. The second-order valence-corrected chi connectivity index (χ2v) is 5.10. The minimum atomic E-state index is -0.754. The number of imide groups is 1. The molecule has 0 aromatic heterocycles. The summed E-state index contributed by atoms with van der Waals surface area (Å²) in [6, 6.07) is 13.0. The lowest BCUT2D eigenvalue weighted by Crippen LogP contribution is -2.31. The lowest BCUT2D eigenvalue weighted by molar-refractivity contribution is -0.121. The molecule has 2 aromatic rings. The first-order chi connectivity index (χ1) is 11.6. The van der Waals surface area contributed by atoms with Gasteiger partial charge in [0.1, 0.15) is 11.5 Å². The second-order valence-electron chi connectivity index (χ2n) is 5.10. The number of hydrogen-bond acceptors (Lipinski definition) is 5. The molecule has 1 aliphatic rings. The summed E-state index contributed by atoms with van der Waals surface area (Å²) in [5, 5.41) is 10.2. The van der Waals surface area contributed by atoms with Crippen LogP contribution in [0.25, 0.3) is 5.57 Å². The fraction of sp³-hybridized carbons (Fsp3) is 0.111. The van der Waals surface area contributed by atoms with Crippen molar-refractivity contribution < 1.29 is 24.2 Å². The zero-order valence-corrected chi connectivity index (χ0v) is 13.1. The van der Waals surface area contributed by atoms with E-state index in [0.717, 1.165) is 4.90 Å². The van der Waals surface area contributed by atoms with Crippen LogP contribution in [-0.4, -0.2) is 31.1 Å². The number of nitrogens with zero attached hydrogens (tertiary/aromatic N) is 1. The Labute approximate surface area is 138 Å². The molecule has 1 heterocycles. The monoisotopic (exact) mass is 325 g/mol. The third kappa shape index (κ3) is 2.48. The summed E-state index contributed by atoms with van der Waals surface area (Å²) in [6.45, 7) is 0. The molecule has 1 aliphatic heterocycles. The molecule has 1 N–H and O–H groups in total. The van der Waals surface area contributed by atoms with Gasteiger partial charge in [-0.05, 0) is 42.0 Å². The molecular weight excluding hydrogens is 310 g/mol. The Kier molecular flexibility index (Phi) is 3.95. The fourth-order valence-corrected chi connectivity index (χ4v) is 2.50. The third-order valence-electron chi connectivity index (χ3n) is 3.77. The van der Waals surface area contributed by atoms with Crippen molar-refractivity contribution in [1.29, 1.82) is 0 Å². The normalized spacial score (nSPS) is 14.3. The van der Waals surface area contributed by atoms with Gasteiger partial charge < -0.3 is 14.6 Å². The van der Waals surface area contributed by atoms with Crippen molar-refractivity contribution in [3.8, 4) is 11.5 Å². The number of rotatable bonds is 4. The Morgan fingerprint density at radius 3 is 1.79 bits per heavy atom. The van der Waals surface area contributed by atoms with Gasteiger partial charge in [-0.25, -0.2) is 4.90 Å².